The molecule has 0 radical (unpaired) electrons. The van der Waals surface area contributed by atoms with Gasteiger partial charge in [0, 0.05) is 34.9 Å². The van der Waals surface area contributed by atoms with Gasteiger partial charge in [0.25, 0.3) is 0 Å². The molecule has 0 aliphatic carbocycles. The van der Waals surface area contributed by atoms with E-state index in [1.807, 2.05) is 56.3 Å². The highest BCUT2D eigenvalue weighted by atomic mass is 16.5. The van der Waals surface area contributed by atoms with Crippen molar-refractivity contribution in [2.24, 2.45) is 0 Å². The van der Waals surface area contributed by atoms with Crippen LogP contribution in [0.25, 0.3) is 11.1 Å². The van der Waals surface area contributed by atoms with E-state index < -0.39 is 0 Å². The molecule has 0 atom stereocenters. The van der Waals surface area contributed by atoms with E-state index in [0.717, 1.165) is 28.3 Å². The third-order valence-corrected chi connectivity index (χ3v) is 3.12. The lowest BCUT2D eigenvalue weighted by Crippen LogP contribution is -1.94. The summed E-state index contributed by atoms with van der Waals surface area (Å²) in [5.74, 6) is 0.721. The van der Waals surface area contributed by atoms with Crippen LogP contribution in [0, 0.1) is 13.8 Å². The Morgan fingerprint density at radius 2 is 1.57 bits per heavy atom. The van der Waals surface area contributed by atoms with Crippen LogP contribution >= 0.6 is 0 Å². The third-order valence-electron chi connectivity index (χ3n) is 3.12. The second-order valence-electron chi connectivity index (χ2n) is 4.76. The molecule has 0 amide bonds. The number of nitrogens with zero attached hydrogens (tertiary/aromatic N) is 3. The topological polar surface area (TPSA) is 47.9 Å². The molecule has 0 aliphatic rings. The van der Waals surface area contributed by atoms with Crippen molar-refractivity contribution in [3.8, 4) is 22.9 Å². The summed E-state index contributed by atoms with van der Waals surface area (Å²) in [4.78, 5) is 13.0. The van der Waals surface area contributed by atoms with Crippen molar-refractivity contribution < 1.29 is 4.74 Å². The number of hydrogen-bond donors (Lipinski definition) is 0. The van der Waals surface area contributed by atoms with E-state index in [4.69, 9.17) is 4.74 Å². The van der Waals surface area contributed by atoms with E-state index >= 15 is 0 Å². The van der Waals surface area contributed by atoms with Crippen LogP contribution in [0.15, 0.2) is 54.9 Å². The van der Waals surface area contributed by atoms with Gasteiger partial charge in [0.15, 0.2) is 0 Å². The average Bonchev–Trinajstić information content (AvgIpc) is 2.49. The average molecular weight is 277 g/mol. The highest BCUT2D eigenvalue weighted by molar-refractivity contribution is 5.64. The third kappa shape index (κ3) is 3.05. The molecule has 0 bridgehead atoms. The number of ether oxygens (including phenoxy) is 1. The molecule has 21 heavy (non-hydrogen) atoms. The van der Waals surface area contributed by atoms with Crippen LogP contribution < -0.4 is 4.74 Å². The monoisotopic (exact) mass is 277 g/mol. The Morgan fingerprint density at radius 3 is 2.24 bits per heavy atom. The van der Waals surface area contributed by atoms with Crippen LogP contribution in [0.2, 0.25) is 0 Å². The largest absolute Gasteiger partial charge is 0.424 e. The maximum Gasteiger partial charge on any atom is 0.321 e. The van der Waals surface area contributed by atoms with Gasteiger partial charge in [-0.2, -0.15) is 0 Å². The number of benzene rings is 1. The fraction of sp³-hybridized carbons (Fsp3) is 0.118. The predicted octanol–water partition coefficient (Wildman–Crippen LogP) is 3.95. The lowest BCUT2D eigenvalue weighted by Gasteiger charge is -2.07. The predicted molar refractivity (Wildman–Crippen MR) is 81.3 cm³/mol. The molecular weight excluding hydrogens is 262 g/mol. The van der Waals surface area contributed by atoms with Crippen molar-refractivity contribution in [2.75, 3.05) is 0 Å². The van der Waals surface area contributed by atoms with Gasteiger partial charge in [0.1, 0.15) is 5.75 Å². The molecule has 4 nitrogen and oxygen atoms in total. The first-order valence-corrected chi connectivity index (χ1v) is 6.72. The molecule has 0 saturated carbocycles. The molecule has 4 heteroatoms. The van der Waals surface area contributed by atoms with Gasteiger partial charge in [-0.3, -0.25) is 4.98 Å². The summed E-state index contributed by atoms with van der Waals surface area (Å²) in [6.45, 7) is 3.96. The fourth-order valence-corrected chi connectivity index (χ4v) is 2.09. The zero-order valence-corrected chi connectivity index (χ0v) is 11.9. The van der Waals surface area contributed by atoms with E-state index in [1.165, 1.54) is 0 Å². The highest BCUT2D eigenvalue weighted by Crippen LogP contribution is 2.23. The van der Waals surface area contributed by atoms with Gasteiger partial charge in [-0.05, 0) is 32.0 Å². The molecule has 0 N–H and O–H groups in total. The number of rotatable bonds is 3. The van der Waals surface area contributed by atoms with Crippen LogP contribution in [-0.4, -0.2) is 15.0 Å². The molecular formula is C17H15N3O. The molecule has 0 unspecified atom stereocenters. The molecule has 0 saturated heterocycles. The molecule has 1 aromatic carbocycles. The Balaban J connectivity index is 1.84. The summed E-state index contributed by atoms with van der Waals surface area (Å²) in [6.07, 6.45) is 3.51. The minimum absolute atomic E-state index is 0.336. The summed E-state index contributed by atoms with van der Waals surface area (Å²) >= 11 is 0. The fourth-order valence-electron chi connectivity index (χ4n) is 2.09. The maximum atomic E-state index is 5.58. The van der Waals surface area contributed by atoms with Gasteiger partial charge in [-0.25, -0.2) is 9.97 Å². The van der Waals surface area contributed by atoms with Crippen molar-refractivity contribution >= 4 is 0 Å². The molecule has 0 spiro atoms. The zero-order chi connectivity index (χ0) is 14.7. The number of para-hydroxylation sites is 1. The number of hydrogen-bond acceptors (Lipinski definition) is 4. The molecule has 3 rings (SSSR count). The van der Waals surface area contributed by atoms with E-state index in [9.17, 15) is 0 Å². The Labute approximate surface area is 123 Å². The van der Waals surface area contributed by atoms with E-state index in [1.54, 1.807) is 12.4 Å². The highest BCUT2D eigenvalue weighted by Gasteiger charge is 2.06. The second-order valence-corrected chi connectivity index (χ2v) is 4.76. The first kappa shape index (κ1) is 13.2. The van der Waals surface area contributed by atoms with E-state index in [2.05, 4.69) is 15.0 Å². The number of aryl methyl sites for hydroxylation is 2. The van der Waals surface area contributed by atoms with Crippen molar-refractivity contribution in [2.45, 2.75) is 13.8 Å². The maximum absolute atomic E-state index is 5.58. The Morgan fingerprint density at radius 1 is 0.857 bits per heavy atom. The van der Waals surface area contributed by atoms with Crippen molar-refractivity contribution in [1.29, 1.82) is 0 Å². The minimum atomic E-state index is 0.336. The van der Waals surface area contributed by atoms with Crippen LogP contribution in [0.5, 0.6) is 11.8 Å². The summed E-state index contributed by atoms with van der Waals surface area (Å²) in [5, 5.41) is 0. The lowest BCUT2D eigenvalue weighted by molar-refractivity contribution is 0.442. The SMILES string of the molecule is Cc1ccc(-c2cnc(Oc3ccccc3)nc2)c(C)n1. The zero-order valence-electron chi connectivity index (χ0n) is 11.9. The minimum Gasteiger partial charge on any atom is -0.424 e. The summed E-state index contributed by atoms with van der Waals surface area (Å²) in [6, 6.07) is 13.8. The molecule has 0 fully saturated rings. The molecule has 2 aromatic heterocycles. The Bertz CT molecular complexity index is 740. The quantitative estimate of drug-likeness (QED) is 0.727. The van der Waals surface area contributed by atoms with Crippen molar-refractivity contribution in [3.63, 3.8) is 0 Å². The van der Waals surface area contributed by atoms with Gasteiger partial charge in [0.05, 0.1) is 0 Å². The van der Waals surface area contributed by atoms with Crippen LogP contribution in [0.1, 0.15) is 11.4 Å². The number of pyridine rings is 1. The first-order valence-electron chi connectivity index (χ1n) is 6.72. The van der Waals surface area contributed by atoms with Gasteiger partial charge < -0.3 is 4.74 Å². The van der Waals surface area contributed by atoms with Crippen LogP contribution in [-0.2, 0) is 0 Å². The standard InChI is InChI=1S/C17H15N3O/c1-12-8-9-16(13(2)20-12)14-10-18-17(19-11-14)21-15-6-4-3-5-7-15/h3-11H,1-2H3. The van der Waals surface area contributed by atoms with Crippen molar-refractivity contribution in [1.82, 2.24) is 15.0 Å². The molecule has 104 valence electrons. The number of aromatic nitrogens is 3. The van der Waals surface area contributed by atoms with E-state index in [-0.39, 0.29) is 0 Å². The summed E-state index contributed by atoms with van der Waals surface area (Å²) in [5.41, 5.74) is 3.93. The van der Waals surface area contributed by atoms with Gasteiger partial charge in [-0.15, -0.1) is 0 Å². The van der Waals surface area contributed by atoms with Gasteiger partial charge >= 0.3 is 6.01 Å². The normalized spacial score (nSPS) is 10.4. The van der Waals surface area contributed by atoms with Crippen LogP contribution in [0.3, 0.4) is 0 Å². The smallest absolute Gasteiger partial charge is 0.321 e. The van der Waals surface area contributed by atoms with E-state index in [0.29, 0.717) is 6.01 Å². The molecule has 2 heterocycles. The van der Waals surface area contributed by atoms with Crippen LogP contribution in [0.4, 0.5) is 0 Å². The van der Waals surface area contributed by atoms with Gasteiger partial charge in [0.2, 0.25) is 0 Å². The first-order chi connectivity index (χ1) is 10.2. The van der Waals surface area contributed by atoms with Crippen molar-refractivity contribution in [3.05, 3.63) is 66.2 Å². The Hall–Kier alpha value is -2.75. The van der Waals surface area contributed by atoms with Gasteiger partial charge in [-0.1, -0.05) is 24.3 Å². The molecule has 3 aromatic rings. The Kier molecular flexibility index (Phi) is 3.60. The lowest BCUT2D eigenvalue weighted by atomic mass is 10.1. The second kappa shape index (κ2) is 5.71. The molecule has 0 aliphatic heterocycles. The summed E-state index contributed by atoms with van der Waals surface area (Å²) in [7, 11) is 0. The summed E-state index contributed by atoms with van der Waals surface area (Å²) < 4.78 is 5.58.